The van der Waals surface area contributed by atoms with Crippen molar-refractivity contribution in [2.75, 3.05) is 5.32 Å². The van der Waals surface area contributed by atoms with Crippen molar-refractivity contribution in [1.29, 1.82) is 5.26 Å². The number of halogens is 2. The summed E-state index contributed by atoms with van der Waals surface area (Å²) >= 11 is 6.06. The maximum Gasteiger partial charge on any atom is 0.413 e. The van der Waals surface area contributed by atoms with Crippen LogP contribution in [0.5, 0.6) is 0 Å². The molecule has 0 radical (unpaired) electrons. The minimum atomic E-state index is -0.838. The highest BCUT2D eigenvalue weighted by atomic mass is 35.5. The molecule has 36 heavy (non-hydrogen) atoms. The van der Waals surface area contributed by atoms with Gasteiger partial charge in [-0.2, -0.15) is 5.26 Å². The number of nitrogens with zero attached hydrogens (tertiary/aromatic N) is 6. The molecule has 3 saturated carbocycles. The van der Waals surface area contributed by atoms with E-state index in [1.807, 2.05) is 0 Å². The van der Waals surface area contributed by atoms with Crippen LogP contribution in [0, 0.1) is 28.0 Å². The number of nitriles is 1. The van der Waals surface area contributed by atoms with Gasteiger partial charge in [-0.3, -0.25) is 15.1 Å². The number of ketones is 1. The van der Waals surface area contributed by atoms with E-state index in [4.69, 9.17) is 21.6 Å². The van der Waals surface area contributed by atoms with Crippen LogP contribution in [0.1, 0.15) is 54.6 Å². The first-order valence-electron chi connectivity index (χ1n) is 11.2. The Hall–Kier alpha value is -3.91. The minimum absolute atomic E-state index is 0.0200. The third-order valence-electron chi connectivity index (χ3n) is 6.86. The van der Waals surface area contributed by atoms with E-state index >= 15 is 4.39 Å². The zero-order valence-corrected chi connectivity index (χ0v) is 20.2. The average Bonchev–Trinajstić information content (AvgIpc) is 3.14. The number of Topliss-reactive ketones (excluding diaryl/α,β-unsaturated/α-hetero) is 1. The molecule has 3 fully saturated rings. The van der Waals surface area contributed by atoms with Crippen LogP contribution in [-0.4, -0.2) is 36.8 Å². The molecule has 12 heteroatoms. The van der Waals surface area contributed by atoms with Crippen molar-refractivity contribution in [3.05, 3.63) is 52.7 Å². The lowest BCUT2D eigenvalue weighted by Gasteiger charge is -2.67. The number of pyridine rings is 2. The molecule has 3 aliphatic rings. The molecule has 0 aliphatic heterocycles. The standard InChI is InChI=1S/C24H21ClFN7O3/c1-13(15-4-3-5-28-20(15)25)36-22(35)30-21-19(31-32-33(21)2)18-16(26)6-14(8-29-18)17(34)7-23-9-24(10-23,11-23)12-27/h3-6,8,13H,7,9-11H2,1-2H3,(H,30,35)/t13-,23?,24?/m1/s1. The van der Waals surface area contributed by atoms with Gasteiger partial charge in [0.1, 0.15) is 17.0 Å². The number of amides is 1. The third-order valence-corrected chi connectivity index (χ3v) is 7.17. The quantitative estimate of drug-likeness (QED) is 0.359. The van der Waals surface area contributed by atoms with Crippen LogP contribution < -0.4 is 5.32 Å². The smallest absolute Gasteiger partial charge is 0.413 e. The Kier molecular flexibility index (Phi) is 5.71. The van der Waals surface area contributed by atoms with Gasteiger partial charge in [0.25, 0.3) is 0 Å². The van der Waals surface area contributed by atoms with Crippen molar-refractivity contribution in [3.8, 4) is 17.5 Å². The fourth-order valence-corrected chi connectivity index (χ4v) is 5.49. The summed E-state index contributed by atoms with van der Waals surface area (Å²) in [5.74, 6) is -0.937. The number of aryl methyl sites for hydroxylation is 1. The number of ether oxygens (including phenoxy) is 1. The Bertz CT molecular complexity index is 1410. The first-order chi connectivity index (χ1) is 17.1. The second kappa shape index (κ2) is 8.64. The van der Waals surface area contributed by atoms with Gasteiger partial charge < -0.3 is 4.74 Å². The summed E-state index contributed by atoms with van der Waals surface area (Å²) in [6.45, 7) is 1.63. The molecule has 184 valence electrons. The molecule has 10 nitrogen and oxygen atoms in total. The van der Waals surface area contributed by atoms with Crippen molar-refractivity contribution >= 4 is 29.3 Å². The van der Waals surface area contributed by atoms with E-state index in [1.165, 1.54) is 24.1 Å². The van der Waals surface area contributed by atoms with Crippen molar-refractivity contribution in [2.45, 2.75) is 38.7 Å². The Morgan fingerprint density at radius 1 is 1.33 bits per heavy atom. The molecule has 1 atom stereocenters. The zero-order valence-electron chi connectivity index (χ0n) is 19.5. The molecule has 6 rings (SSSR count). The van der Waals surface area contributed by atoms with Crippen molar-refractivity contribution < 1.29 is 18.7 Å². The monoisotopic (exact) mass is 509 g/mol. The van der Waals surface area contributed by atoms with E-state index in [0.717, 1.165) is 6.07 Å². The predicted octanol–water partition coefficient (Wildman–Crippen LogP) is 4.64. The normalized spacial score (nSPS) is 22.5. The van der Waals surface area contributed by atoms with E-state index in [9.17, 15) is 9.59 Å². The minimum Gasteiger partial charge on any atom is -0.441 e. The van der Waals surface area contributed by atoms with Crippen LogP contribution >= 0.6 is 11.6 Å². The molecule has 3 heterocycles. The first kappa shape index (κ1) is 23.8. The molecule has 1 N–H and O–H groups in total. The third kappa shape index (κ3) is 4.07. The second-order valence-electron chi connectivity index (χ2n) is 9.54. The Morgan fingerprint density at radius 3 is 2.75 bits per heavy atom. The lowest BCUT2D eigenvalue weighted by Crippen LogP contribution is -2.61. The Labute approximate surface area is 210 Å². The van der Waals surface area contributed by atoms with E-state index in [1.54, 1.807) is 19.1 Å². The summed E-state index contributed by atoms with van der Waals surface area (Å²) in [6, 6.07) is 6.77. The van der Waals surface area contributed by atoms with Gasteiger partial charge in [0.05, 0.1) is 11.5 Å². The highest BCUT2D eigenvalue weighted by molar-refractivity contribution is 6.30. The van der Waals surface area contributed by atoms with Gasteiger partial charge >= 0.3 is 6.09 Å². The summed E-state index contributed by atoms with van der Waals surface area (Å²) < 4.78 is 21.7. The van der Waals surface area contributed by atoms with Crippen LogP contribution in [-0.2, 0) is 11.8 Å². The molecule has 0 aromatic carbocycles. The average molecular weight is 510 g/mol. The number of nitrogens with one attached hydrogen (secondary N) is 1. The molecular weight excluding hydrogens is 489 g/mol. The second-order valence-corrected chi connectivity index (χ2v) is 9.90. The van der Waals surface area contributed by atoms with Crippen LogP contribution in [0.2, 0.25) is 5.15 Å². The summed E-state index contributed by atoms with van der Waals surface area (Å²) in [5, 5.41) is 19.7. The molecule has 3 aromatic rings. The number of aromatic nitrogens is 5. The van der Waals surface area contributed by atoms with E-state index in [-0.39, 0.29) is 51.0 Å². The van der Waals surface area contributed by atoms with Gasteiger partial charge in [0.15, 0.2) is 23.1 Å². The van der Waals surface area contributed by atoms with E-state index in [2.05, 4.69) is 31.7 Å². The van der Waals surface area contributed by atoms with Gasteiger partial charge in [-0.1, -0.05) is 22.9 Å². The van der Waals surface area contributed by atoms with Gasteiger partial charge in [0, 0.05) is 37.0 Å². The fourth-order valence-electron chi connectivity index (χ4n) is 5.22. The summed E-state index contributed by atoms with van der Waals surface area (Å²) in [4.78, 5) is 33.3. The molecular formula is C24H21ClFN7O3. The van der Waals surface area contributed by atoms with Gasteiger partial charge in [-0.15, -0.1) is 5.10 Å². The van der Waals surface area contributed by atoms with Gasteiger partial charge in [0.2, 0.25) is 0 Å². The number of anilines is 1. The summed E-state index contributed by atoms with van der Waals surface area (Å²) in [7, 11) is 1.52. The van der Waals surface area contributed by atoms with E-state index in [0.29, 0.717) is 24.8 Å². The topological polar surface area (TPSA) is 136 Å². The number of hydrogen-bond acceptors (Lipinski definition) is 8. The molecule has 0 spiro atoms. The summed E-state index contributed by atoms with van der Waals surface area (Å²) in [5.41, 5.74) is 0.0770. The Morgan fingerprint density at radius 2 is 2.08 bits per heavy atom. The molecule has 0 saturated heterocycles. The van der Waals surface area contributed by atoms with Crippen LogP contribution in [0.3, 0.4) is 0 Å². The highest BCUT2D eigenvalue weighted by Crippen LogP contribution is 2.74. The Balaban J connectivity index is 1.29. The van der Waals surface area contributed by atoms with Gasteiger partial charge in [-0.25, -0.2) is 18.9 Å². The molecule has 3 aromatic heterocycles. The van der Waals surface area contributed by atoms with Crippen LogP contribution in [0.4, 0.5) is 15.0 Å². The van der Waals surface area contributed by atoms with Crippen molar-refractivity contribution in [1.82, 2.24) is 25.0 Å². The van der Waals surface area contributed by atoms with Crippen molar-refractivity contribution in [3.63, 3.8) is 0 Å². The number of rotatable bonds is 7. The SMILES string of the molecule is C[C@@H](OC(=O)Nc1c(-c2ncc(C(=O)CC34CC(C#N)(C3)C4)cc2F)nnn1C)c1cccnc1Cl. The maximum absolute atomic E-state index is 15.1. The predicted molar refractivity (Wildman–Crippen MR) is 125 cm³/mol. The molecule has 0 unspecified atom stereocenters. The first-order valence-corrected chi connectivity index (χ1v) is 11.6. The van der Waals surface area contributed by atoms with Crippen LogP contribution in [0.25, 0.3) is 11.4 Å². The zero-order chi connectivity index (χ0) is 25.7. The largest absolute Gasteiger partial charge is 0.441 e. The van der Waals surface area contributed by atoms with Gasteiger partial charge in [-0.05, 0) is 43.7 Å². The number of carbonyl (C=O) groups is 2. The maximum atomic E-state index is 15.1. The fraction of sp³-hybridized carbons (Fsp3) is 0.375. The van der Waals surface area contributed by atoms with E-state index < -0.39 is 18.0 Å². The molecule has 3 aliphatic carbocycles. The highest BCUT2D eigenvalue weighted by Gasteiger charge is 2.68. The van der Waals surface area contributed by atoms with Crippen LogP contribution in [0.15, 0.2) is 30.6 Å². The number of carbonyl (C=O) groups excluding carboxylic acids is 2. The number of hydrogen-bond donors (Lipinski definition) is 1. The summed E-state index contributed by atoms with van der Waals surface area (Å²) in [6.07, 6.45) is 3.67. The lowest BCUT2D eigenvalue weighted by atomic mass is 9.34. The molecule has 2 bridgehead atoms. The van der Waals surface area contributed by atoms with Crippen molar-refractivity contribution in [2.24, 2.45) is 17.9 Å². The molecule has 1 amide bonds. The lowest BCUT2D eigenvalue weighted by molar-refractivity contribution is -0.159.